The largest absolute Gasteiger partial charge is 0.342 e. The van der Waals surface area contributed by atoms with Gasteiger partial charge in [-0.3, -0.25) is 19.3 Å². The van der Waals surface area contributed by atoms with Crippen molar-refractivity contribution in [1.82, 2.24) is 9.80 Å². The zero-order valence-corrected chi connectivity index (χ0v) is 11.0. The standard InChI is InChI=1S/C13H20N2O3/c1-9-3-5-14(8-9)11(16)4-6-15-12(17)7-10(2)13(15)18/h9-10H,3-8H2,1-2H3. The van der Waals surface area contributed by atoms with Gasteiger partial charge in [0.2, 0.25) is 17.7 Å². The van der Waals surface area contributed by atoms with E-state index in [1.807, 2.05) is 4.90 Å². The van der Waals surface area contributed by atoms with Crippen molar-refractivity contribution in [3.05, 3.63) is 0 Å². The van der Waals surface area contributed by atoms with E-state index in [1.165, 1.54) is 4.90 Å². The molecule has 0 bridgehead atoms. The highest BCUT2D eigenvalue weighted by Gasteiger charge is 2.35. The molecule has 2 fully saturated rings. The van der Waals surface area contributed by atoms with Gasteiger partial charge in [-0.15, -0.1) is 0 Å². The van der Waals surface area contributed by atoms with E-state index in [4.69, 9.17) is 0 Å². The molecule has 0 spiro atoms. The zero-order chi connectivity index (χ0) is 13.3. The molecule has 0 saturated carbocycles. The molecule has 0 aliphatic carbocycles. The summed E-state index contributed by atoms with van der Waals surface area (Å²) in [5.74, 6) is 0.112. The van der Waals surface area contributed by atoms with E-state index in [0.29, 0.717) is 5.92 Å². The predicted molar refractivity (Wildman–Crippen MR) is 65.5 cm³/mol. The second kappa shape index (κ2) is 5.08. The Hall–Kier alpha value is -1.39. The summed E-state index contributed by atoms with van der Waals surface area (Å²) in [4.78, 5) is 38.2. The van der Waals surface area contributed by atoms with Gasteiger partial charge in [0.15, 0.2) is 0 Å². The SMILES string of the molecule is CC1CCN(C(=O)CCN2C(=O)CC(C)C2=O)C1. The van der Waals surface area contributed by atoms with E-state index in [1.54, 1.807) is 6.92 Å². The van der Waals surface area contributed by atoms with Crippen LogP contribution < -0.4 is 0 Å². The maximum atomic E-state index is 11.9. The molecular formula is C13H20N2O3. The van der Waals surface area contributed by atoms with E-state index >= 15 is 0 Å². The maximum absolute atomic E-state index is 11.9. The van der Waals surface area contributed by atoms with Crippen LogP contribution in [0.2, 0.25) is 0 Å². The van der Waals surface area contributed by atoms with Crippen molar-refractivity contribution >= 4 is 17.7 Å². The number of likely N-dealkylation sites (tertiary alicyclic amines) is 2. The minimum Gasteiger partial charge on any atom is -0.342 e. The molecule has 2 saturated heterocycles. The van der Waals surface area contributed by atoms with Gasteiger partial charge >= 0.3 is 0 Å². The van der Waals surface area contributed by atoms with Crippen LogP contribution in [0, 0.1) is 11.8 Å². The Balaban J connectivity index is 1.83. The fraction of sp³-hybridized carbons (Fsp3) is 0.769. The van der Waals surface area contributed by atoms with Crippen LogP contribution in [0.25, 0.3) is 0 Å². The van der Waals surface area contributed by atoms with Crippen LogP contribution in [0.4, 0.5) is 0 Å². The van der Waals surface area contributed by atoms with Crippen molar-refractivity contribution < 1.29 is 14.4 Å². The summed E-state index contributed by atoms with van der Waals surface area (Å²) >= 11 is 0. The first kappa shape index (κ1) is 13.1. The molecule has 2 unspecified atom stereocenters. The lowest BCUT2D eigenvalue weighted by Gasteiger charge is -2.18. The summed E-state index contributed by atoms with van der Waals surface area (Å²) in [6, 6.07) is 0. The Morgan fingerprint density at radius 3 is 2.56 bits per heavy atom. The molecule has 2 heterocycles. The minimum atomic E-state index is -0.223. The summed E-state index contributed by atoms with van der Waals surface area (Å²) < 4.78 is 0. The fourth-order valence-corrected chi connectivity index (χ4v) is 2.61. The molecular weight excluding hydrogens is 232 g/mol. The third-order valence-electron chi connectivity index (χ3n) is 3.80. The fourth-order valence-electron chi connectivity index (χ4n) is 2.61. The van der Waals surface area contributed by atoms with E-state index in [-0.39, 0.29) is 43.0 Å². The summed E-state index contributed by atoms with van der Waals surface area (Å²) in [7, 11) is 0. The van der Waals surface area contributed by atoms with Crippen molar-refractivity contribution in [2.45, 2.75) is 33.1 Å². The van der Waals surface area contributed by atoms with Crippen LogP contribution in [-0.2, 0) is 14.4 Å². The Kier molecular flexibility index (Phi) is 3.68. The number of imide groups is 1. The van der Waals surface area contributed by atoms with Gasteiger partial charge in [-0.05, 0) is 12.3 Å². The monoisotopic (exact) mass is 252 g/mol. The van der Waals surface area contributed by atoms with E-state index in [9.17, 15) is 14.4 Å². The number of carbonyl (C=O) groups excluding carboxylic acids is 3. The predicted octanol–water partition coefficient (Wildman–Crippen LogP) is 0.640. The van der Waals surface area contributed by atoms with Gasteiger partial charge in [0.25, 0.3) is 0 Å². The van der Waals surface area contributed by atoms with Crippen molar-refractivity contribution in [2.75, 3.05) is 19.6 Å². The Labute approximate surface area is 107 Å². The van der Waals surface area contributed by atoms with Gasteiger partial charge in [-0.1, -0.05) is 13.8 Å². The number of carbonyl (C=O) groups is 3. The second-order valence-electron chi connectivity index (χ2n) is 5.47. The summed E-state index contributed by atoms with van der Waals surface area (Å²) in [5, 5.41) is 0. The van der Waals surface area contributed by atoms with Crippen LogP contribution in [0.15, 0.2) is 0 Å². The van der Waals surface area contributed by atoms with E-state index in [0.717, 1.165) is 19.5 Å². The molecule has 3 amide bonds. The summed E-state index contributed by atoms with van der Waals surface area (Å²) in [5.41, 5.74) is 0. The van der Waals surface area contributed by atoms with Crippen LogP contribution >= 0.6 is 0 Å². The van der Waals surface area contributed by atoms with Crippen molar-refractivity contribution in [1.29, 1.82) is 0 Å². The van der Waals surface area contributed by atoms with Gasteiger partial charge in [-0.25, -0.2) is 0 Å². The molecule has 0 N–H and O–H groups in total. The maximum Gasteiger partial charge on any atom is 0.232 e. The Morgan fingerprint density at radius 2 is 2.06 bits per heavy atom. The molecule has 0 aromatic rings. The molecule has 5 heteroatoms. The summed E-state index contributed by atoms with van der Waals surface area (Å²) in [6.07, 6.45) is 1.59. The first-order chi connectivity index (χ1) is 8.49. The number of rotatable bonds is 3. The van der Waals surface area contributed by atoms with Crippen molar-refractivity contribution in [3.63, 3.8) is 0 Å². The van der Waals surface area contributed by atoms with Gasteiger partial charge in [0, 0.05) is 38.4 Å². The average molecular weight is 252 g/mol. The van der Waals surface area contributed by atoms with Crippen LogP contribution in [0.3, 0.4) is 0 Å². The highest BCUT2D eigenvalue weighted by molar-refractivity contribution is 6.03. The molecule has 2 rings (SSSR count). The average Bonchev–Trinajstić information content (AvgIpc) is 2.83. The number of nitrogens with zero attached hydrogens (tertiary/aromatic N) is 2. The molecule has 2 atom stereocenters. The topological polar surface area (TPSA) is 57.7 Å². The molecule has 0 aromatic heterocycles. The molecule has 2 aliphatic heterocycles. The molecule has 0 aromatic carbocycles. The van der Waals surface area contributed by atoms with Crippen LogP contribution in [-0.4, -0.2) is 47.2 Å². The number of hydrogen-bond acceptors (Lipinski definition) is 3. The molecule has 5 nitrogen and oxygen atoms in total. The lowest BCUT2D eigenvalue weighted by molar-refractivity contribution is -0.140. The lowest BCUT2D eigenvalue weighted by Crippen LogP contribution is -2.36. The van der Waals surface area contributed by atoms with Gasteiger partial charge in [-0.2, -0.15) is 0 Å². The van der Waals surface area contributed by atoms with E-state index in [2.05, 4.69) is 6.92 Å². The van der Waals surface area contributed by atoms with Crippen molar-refractivity contribution in [3.8, 4) is 0 Å². The Bertz CT molecular complexity index is 380. The highest BCUT2D eigenvalue weighted by Crippen LogP contribution is 2.20. The first-order valence-electron chi connectivity index (χ1n) is 6.61. The summed E-state index contributed by atoms with van der Waals surface area (Å²) in [6.45, 7) is 5.73. The van der Waals surface area contributed by atoms with Gasteiger partial charge < -0.3 is 4.90 Å². The second-order valence-corrected chi connectivity index (χ2v) is 5.47. The van der Waals surface area contributed by atoms with Crippen LogP contribution in [0.1, 0.15) is 33.1 Å². The first-order valence-corrected chi connectivity index (χ1v) is 6.61. The molecule has 2 aliphatic rings. The third-order valence-corrected chi connectivity index (χ3v) is 3.80. The third kappa shape index (κ3) is 2.54. The molecule has 0 radical (unpaired) electrons. The minimum absolute atomic E-state index is 0.0551. The number of amides is 3. The zero-order valence-electron chi connectivity index (χ0n) is 11.0. The van der Waals surface area contributed by atoms with Crippen molar-refractivity contribution in [2.24, 2.45) is 11.8 Å². The lowest BCUT2D eigenvalue weighted by atomic mass is 10.1. The smallest absolute Gasteiger partial charge is 0.232 e. The quantitative estimate of drug-likeness (QED) is 0.693. The van der Waals surface area contributed by atoms with Gasteiger partial charge in [0.05, 0.1) is 0 Å². The highest BCUT2D eigenvalue weighted by atomic mass is 16.2. The van der Waals surface area contributed by atoms with Gasteiger partial charge in [0.1, 0.15) is 0 Å². The molecule has 100 valence electrons. The van der Waals surface area contributed by atoms with Crippen LogP contribution in [0.5, 0.6) is 0 Å². The van der Waals surface area contributed by atoms with E-state index < -0.39 is 0 Å². The number of hydrogen-bond donors (Lipinski definition) is 0. The molecule has 18 heavy (non-hydrogen) atoms. The Morgan fingerprint density at radius 1 is 1.33 bits per heavy atom. The normalized spacial score (nSPS) is 28.3.